The van der Waals surface area contributed by atoms with Crippen LogP contribution in [-0.2, 0) is 27.8 Å². The molecule has 1 rings (SSSR count). The van der Waals surface area contributed by atoms with Crippen molar-refractivity contribution in [3.8, 4) is 0 Å². The number of nitrogens with zero attached hydrogens (tertiary/aromatic N) is 2. The fraction of sp³-hybridized carbons (Fsp3) is 0.714. The SMILES string of the molecule is CCNCc1cc(S(=O)(=O)N(C)CCCOC)cn1CC. The van der Waals surface area contributed by atoms with Gasteiger partial charge in [-0.3, -0.25) is 0 Å². The summed E-state index contributed by atoms with van der Waals surface area (Å²) in [5, 5.41) is 3.23. The van der Waals surface area contributed by atoms with E-state index in [1.807, 2.05) is 18.4 Å². The normalized spacial score (nSPS) is 12.2. The van der Waals surface area contributed by atoms with Crippen LogP contribution in [0, 0.1) is 0 Å². The predicted molar refractivity (Wildman–Crippen MR) is 83.8 cm³/mol. The maximum atomic E-state index is 12.5. The number of aryl methyl sites for hydroxylation is 1. The summed E-state index contributed by atoms with van der Waals surface area (Å²) in [6.45, 7) is 7.33. The van der Waals surface area contributed by atoms with Crippen LogP contribution in [0.2, 0.25) is 0 Å². The van der Waals surface area contributed by atoms with E-state index in [1.165, 1.54) is 4.31 Å². The van der Waals surface area contributed by atoms with Gasteiger partial charge in [-0.25, -0.2) is 12.7 Å². The monoisotopic (exact) mass is 317 g/mol. The first-order valence-corrected chi connectivity index (χ1v) is 8.76. The smallest absolute Gasteiger partial charge is 0.244 e. The maximum Gasteiger partial charge on any atom is 0.244 e. The Morgan fingerprint density at radius 1 is 1.38 bits per heavy atom. The summed E-state index contributed by atoms with van der Waals surface area (Å²) in [7, 11) is -0.204. The molecule has 0 aliphatic rings. The van der Waals surface area contributed by atoms with Crippen molar-refractivity contribution in [2.75, 3.05) is 33.9 Å². The second-order valence-electron chi connectivity index (χ2n) is 4.91. The zero-order valence-electron chi connectivity index (χ0n) is 13.4. The van der Waals surface area contributed by atoms with Gasteiger partial charge in [-0.1, -0.05) is 6.92 Å². The van der Waals surface area contributed by atoms with Crippen molar-refractivity contribution in [2.45, 2.75) is 38.3 Å². The molecular formula is C14H27N3O3S. The Morgan fingerprint density at radius 3 is 2.67 bits per heavy atom. The third-order valence-corrected chi connectivity index (χ3v) is 5.21. The topological polar surface area (TPSA) is 63.6 Å². The number of methoxy groups -OCH3 is 1. The van der Waals surface area contributed by atoms with Crippen LogP contribution in [0.15, 0.2) is 17.2 Å². The van der Waals surface area contributed by atoms with E-state index in [0.717, 1.165) is 18.8 Å². The average molecular weight is 317 g/mol. The van der Waals surface area contributed by atoms with Gasteiger partial charge in [0.15, 0.2) is 0 Å². The van der Waals surface area contributed by atoms with Crippen LogP contribution in [0.3, 0.4) is 0 Å². The van der Waals surface area contributed by atoms with E-state index in [1.54, 1.807) is 26.4 Å². The molecule has 0 saturated carbocycles. The van der Waals surface area contributed by atoms with Crippen LogP contribution in [0.25, 0.3) is 0 Å². The molecule has 122 valence electrons. The molecule has 0 bridgehead atoms. The molecule has 0 aliphatic carbocycles. The van der Waals surface area contributed by atoms with E-state index in [-0.39, 0.29) is 0 Å². The van der Waals surface area contributed by atoms with E-state index in [4.69, 9.17) is 4.74 Å². The Bertz CT molecular complexity index is 526. The minimum absolute atomic E-state index is 0.358. The van der Waals surface area contributed by atoms with Crippen molar-refractivity contribution in [2.24, 2.45) is 0 Å². The minimum Gasteiger partial charge on any atom is -0.385 e. The summed E-state index contributed by atoms with van der Waals surface area (Å²) in [6.07, 6.45) is 2.40. The molecule has 1 aromatic rings. The van der Waals surface area contributed by atoms with Crippen molar-refractivity contribution in [3.05, 3.63) is 18.0 Å². The predicted octanol–water partition coefficient (Wildman–Crippen LogP) is 1.27. The van der Waals surface area contributed by atoms with Gasteiger partial charge in [0.25, 0.3) is 0 Å². The van der Waals surface area contributed by atoms with Crippen LogP contribution in [0.5, 0.6) is 0 Å². The molecule has 0 aliphatic heterocycles. The molecule has 0 aromatic carbocycles. The zero-order valence-corrected chi connectivity index (χ0v) is 14.2. The van der Waals surface area contributed by atoms with E-state index in [2.05, 4.69) is 5.32 Å². The Hall–Kier alpha value is -0.890. The Balaban J connectivity index is 2.89. The first-order chi connectivity index (χ1) is 9.97. The number of nitrogens with one attached hydrogen (secondary N) is 1. The first kappa shape index (κ1) is 18.2. The highest BCUT2D eigenvalue weighted by Gasteiger charge is 2.22. The number of ether oxygens (including phenoxy) is 1. The van der Waals surface area contributed by atoms with Gasteiger partial charge >= 0.3 is 0 Å². The Labute approximate surface area is 128 Å². The number of rotatable bonds is 10. The second-order valence-corrected chi connectivity index (χ2v) is 6.95. The van der Waals surface area contributed by atoms with E-state index in [9.17, 15) is 8.42 Å². The lowest BCUT2D eigenvalue weighted by molar-refractivity contribution is 0.189. The number of sulfonamides is 1. The lowest BCUT2D eigenvalue weighted by Gasteiger charge is -2.15. The molecule has 6 nitrogen and oxygen atoms in total. The summed E-state index contributed by atoms with van der Waals surface area (Å²) in [4.78, 5) is 0.358. The van der Waals surface area contributed by atoms with Gasteiger partial charge in [0.1, 0.15) is 4.90 Å². The fourth-order valence-electron chi connectivity index (χ4n) is 2.09. The second kappa shape index (κ2) is 8.53. The van der Waals surface area contributed by atoms with Crippen molar-refractivity contribution in [1.82, 2.24) is 14.2 Å². The highest BCUT2D eigenvalue weighted by atomic mass is 32.2. The molecule has 21 heavy (non-hydrogen) atoms. The van der Waals surface area contributed by atoms with Crippen LogP contribution in [0.4, 0.5) is 0 Å². The first-order valence-electron chi connectivity index (χ1n) is 7.32. The molecule has 0 saturated heterocycles. The van der Waals surface area contributed by atoms with Gasteiger partial charge in [0, 0.05) is 52.3 Å². The summed E-state index contributed by atoms with van der Waals surface area (Å²) in [6, 6.07) is 1.76. The number of hydrogen-bond acceptors (Lipinski definition) is 4. The third-order valence-electron chi connectivity index (χ3n) is 3.39. The number of hydrogen-bond donors (Lipinski definition) is 1. The molecule has 0 amide bonds. The largest absolute Gasteiger partial charge is 0.385 e. The summed E-state index contributed by atoms with van der Waals surface area (Å²) >= 11 is 0. The highest BCUT2D eigenvalue weighted by molar-refractivity contribution is 7.89. The lowest BCUT2D eigenvalue weighted by atomic mass is 10.4. The van der Waals surface area contributed by atoms with Crippen LogP contribution in [0.1, 0.15) is 26.0 Å². The van der Waals surface area contributed by atoms with Gasteiger partial charge in [0.05, 0.1) is 0 Å². The summed E-state index contributed by atoms with van der Waals surface area (Å²) in [5.74, 6) is 0. The quantitative estimate of drug-likeness (QED) is 0.660. The average Bonchev–Trinajstić information content (AvgIpc) is 2.89. The molecule has 0 radical (unpaired) electrons. The van der Waals surface area contributed by atoms with Crippen molar-refractivity contribution in [3.63, 3.8) is 0 Å². The molecule has 0 fully saturated rings. The minimum atomic E-state index is -3.43. The van der Waals surface area contributed by atoms with Crippen LogP contribution >= 0.6 is 0 Å². The zero-order chi connectivity index (χ0) is 15.9. The number of aromatic nitrogens is 1. The molecule has 1 heterocycles. The van der Waals surface area contributed by atoms with Gasteiger partial charge < -0.3 is 14.6 Å². The third kappa shape index (κ3) is 4.81. The Morgan fingerprint density at radius 2 is 2.10 bits per heavy atom. The van der Waals surface area contributed by atoms with Crippen molar-refractivity contribution >= 4 is 10.0 Å². The lowest BCUT2D eigenvalue weighted by Crippen LogP contribution is -2.28. The molecule has 1 N–H and O–H groups in total. The molecule has 7 heteroatoms. The molecule has 0 atom stereocenters. The Kier molecular flexibility index (Phi) is 7.37. The highest BCUT2D eigenvalue weighted by Crippen LogP contribution is 2.18. The molecular weight excluding hydrogens is 290 g/mol. The fourth-order valence-corrected chi connectivity index (χ4v) is 3.37. The molecule has 1 aromatic heterocycles. The van der Waals surface area contributed by atoms with Crippen molar-refractivity contribution in [1.29, 1.82) is 0 Å². The maximum absolute atomic E-state index is 12.5. The van der Waals surface area contributed by atoms with Crippen molar-refractivity contribution < 1.29 is 13.2 Å². The van der Waals surface area contributed by atoms with E-state index < -0.39 is 10.0 Å². The standard InChI is InChI=1S/C14H27N3O3S/c1-5-15-11-13-10-14(12-17(13)6-2)21(18,19)16(3)8-7-9-20-4/h10,12,15H,5-9,11H2,1-4H3. The van der Waals surface area contributed by atoms with Gasteiger partial charge in [0.2, 0.25) is 10.0 Å². The van der Waals surface area contributed by atoms with Crippen LogP contribution in [-0.4, -0.2) is 51.1 Å². The van der Waals surface area contributed by atoms with E-state index in [0.29, 0.717) is 31.0 Å². The van der Waals surface area contributed by atoms with E-state index >= 15 is 0 Å². The van der Waals surface area contributed by atoms with Gasteiger partial charge in [-0.2, -0.15) is 0 Å². The van der Waals surface area contributed by atoms with Crippen LogP contribution < -0.4 is 5.32 Å². The molecule has 0 unspecified atom stereocenters. The van der Waals surface area contributed by atoms with Gasteiger partial charge in [-0.05, 0) is 26.0 Å². The summed E-state index contributed by atoms with van der Waals surface area (Å²) in [5.41, 5.74) is 0.989. The molecule has 0 spiro atoms. The summed E-state index contributed by atoms with van der Waals surface area (Å²) < 4.78 is 33.4. The van der Waals surface area contributed by atoms with Gasteiger partial charge in [-0.15, -0.1) is 0 Å².